The van der Waals surface area contributed by atoms with Gasteiger partial charge in [-0.15, -0.1) is 0 Å². The molecular formula is C14H12ClN. The molecule has 0 bridgehead atoms. The second-order valence-electron chi connectivity index (χ2n) is 4.08. The minimum absolute atomic E-state index is 0.357. The topological polar surface area (TPSA) is 12.0 Å². The van der Waals surface area contributed by atoms with Gasteiger partial charge in [0.2, 0.25) is 0 Å². The van der Waals surface area contributed by atoms with E-state index in [0.717, 1.165) is 11.4 Å². The zero-order chi connectivity index (χ0) is 11.0. The smallest absolute Gasteiger partial charge is 0.0555 e. The molecule has 0 aliphatic carbocycles. The zero-order valence-electron chi connectivity index (χ0n) is 8.78. The van der Waals surface area contributed by atoms with Crippen molar-refractivity contribution in [2.75, 3.05) is 5.32 Å². The number of benzene rings is 2. The summed E-state index contributed by atoms with van der Waals surface area (Å²) in [5.74, 6) is 0. The Morgan fingerprint density at radius 2 is 1.81 bits per heavy atom. The van der Waals surface area contributed by atoms with Crippen LogP contribution in [0.15, 0.2) is 48.5 Å². The standard InChI is InChI=1S/C14H12ClN/c15-12-7-4-8-13-11(12)9-14(16-13)10-5-2-1-3-6-10/h1-8,14,16H,9H2. The number of rotatable bonds is 1. The molecule has 0 saturated heterocycles. The highest BCUT2D eigenvalue weighted by Gasteiger charge is 2.23. The molecule has 2 heteroatoms. The number of hydrogen-bond acceptors (Lipinski definition) is 1. The van der Waals surface area contributed by atoms with Crippen LogP contribution in [0.2, 0.25) is 5.02 Å². The SMILES string of the molecule is Clc1cccc2c1CC(c1ccccc1)N2. The summed E-state index contributed by atoms with van der Waals surface area (Å²) in [5, 5.41) is 4.37. The molecule has 1 heterocycles. The van der Waals surface area contributed by atoms with Gasteiger partial charge < -0.3 is 5.32 Å². The molecule has 1 unspecified atom stereocenters. The fourth-order valence-electron chi connectivity index (χ4n) is 2.23. The van der Waals surface area contributed by atoms with Gasteiger partial charge in [0.1, 0.15) is 0 Å². The third-order valence-electron chi connectivity index (χ3n) is 3.06. The predicted octanol–water partition coefficient (Wildman–Crippen LogP) is 4.05. The number of anilines is 1. The Labute approximate surface area is 100 Å². The summed E-state index contributed by atoms with van der Waals surface area (Å²) in [4.78, 5) is 0. The second kappa shape index (κ2) is 3.84. The normalized spacial score (nSPS) is 17.9. The van der Waals surface area contributed by atoms with Gasteiger partial charge in [-0.05, 0) is 23.3 Å². The predicted molar refractivity (Wildman–Crippen MR) is 68.0 cm³/mol. The molecular weight excluding hydrogens is 218 g/mol. The van der Waals surface area contributed by atoms with Crippen molar-refractivity contribution in [2.45, 2.75) is 12.5 Å². The average molecular weight is 230 g/mol. The molecule has 0 fully saturated rings. The molecule has 1 nitrogen and oxygen atoms in total. The molecule has 1 aliphatic heterocycles. The quantitative estimate of drug-likeness (QED) is 0.778. The highest BCUT2D eigenvalue weighted by molar-refractivity contribution is 6.31. The molecule has 16 heavy (non-hydrogen) atoms. The monoisotopic (exact) mass is 229 g/mol. The molecule has 1 atom stereocenters. The van der Waals surface area contributed by atoms with Crippen molar-refractivity contribution in [3.8, 4) is 0 Å². The Kier molecular flexibility index (Phi) is 2.33. The van der Waals surface area contributed by atoms with Crippen LogP contribution in [0.3, 0.4) is 0 Å². The maximum Gasteiger partial charge on any atom is 0.0555 e. The first-order chi connectivity index (χ1) is 7.84. The maximum atomic E-state index is 6.18. The Morgan fingerprint density at radius 1 is 1.00 bits per heavy atom. The van der Waals surface area contributed by atoms with Gasteiger partial charge in [-0.25, -0.2) is 0 Å². The van der Waals surface area contributed by atoms with E-state index in [4.69, 9.17) is 11.6 Å². The third-order valence-corrected chi connectivity index (χ3v) is 3.41. The van der Waals surface area contributed by atoms with Crippen LogP contribution >= 0.6 is 11.6 Å². The number of fused-ring (bicyclic) bond motifs is 1. The van der Waals surface area contributed by atoms with Gasteiger partial charge in [-0.2, -0.15) is 0 Å². The Balaban J connectivity index is 1.94. The molecule has 80 valence electrons. The van der Waals surface area contributed by atoms with E-state index in [9.17, 15) is 0 Å². The highest BCUT2D eigenvalue weighted by Crippen LogP contribution is 2.37. The average Bonchev–Trinajstić information content (AvgIpc) is 2.76. The highest BCUT2D eigenvalue weighted by atomic mass is 35.5. The largest absolute Gasteiger partial charge is 0.378 e. The summed E-state index contributed by atoms with van der Waals surface area (Å²) in [6.07, 6.45) is 0.971. The summed E-state index contributed by atoms with van der Waals surface area (Å²) in [6.45, 7) is 0. The van der Waals surface area contributed by atoms with E-state index in [0.29, 0.717) is 6.04 Å². The van der Waals surface area contributed by atoms with E-state index in [1.54, 1.807) is 0 Å². The zero-order valence-corrected chi connectivity index (χ0v) is 9.54. The molecule has 0 spiro atoms. The van der Waals surface area contributed by atoms with E-state index in [1.807, 2.05) is 18.2 Å². The van der Waals surface area contributed by atoms with Crippen LogP contribution in [0.4, 0.5) is 5.69 Å². The number of halogens is 1. The first-order valence-electron chi connectivity index (χ1n) is 5.43. The first kappa shape index (κ1) is 9.73. The van der Waals surface area contributed by atoms with Crippen molar-refractivity contribution in [1.82, 2.24) is 0 Å². The molecule has 0 amide bonds. The lowest BCUT2D eigenvalue weighted by atomic mass is 10.0. The fraction of sp³-hybridized carbons (Fsp3) is 0.143. The molecule has 2 aromatic rings. The van der Waals surface area contributed by atoms with Gasteiger partial charge in [0.25, 0.3) is 0 Å². The summed E-state index contributed by atoms with van der Waals surface area (Å²) < 4.78 is 0. The molecule has 2 aromatic carbocycles. The van der Waals surface area contributed by atoms with Gasteiger partial charge in [0.15, 0.2) is 0 Å². The summed E-state index contributed by atoms with van der Waals surface area (Å²) in [5.41, 5.74) is 3.72. The van der Waals surface area contributed by atoms with E-state index in [2.05, 4.69) is 35.6 Å². The Bertz CT molecular complexity index is 507. The van der Waals surface area contributed by atoms with E-state index >= 15 is 0 Å². The van der Waals surface area contributed by atoms with Gasteiger partial charge >= 0.3 is 0 Å². The van der Waals surface area contributed by atoms with Crippen LogP contribution in [0.1, 0.15) is 17.2 Å². The van der Waals surface area contributed by atoms with Gasteiger partial charge in [0, 0.05) is 17.1 Å². The third kappa shape index (κ3) is 1.57. The second-order valence-corrected chi connectivity index (χ2v) is 4.48. The minimum atomic E-state index is 0.357. The van der Waals surface area contributed by atoms with Gasteiger partial charge in [0.05, 0.1) is 6.04 Å². The van der Waals surface area contributed by atoms with Crippen LogP contribution in [0.5, 0.6) is 0 Å². The molecule has 1 aliphatic rings. The lowest BCUT2D eigenvalue weighted by Crippen LogP contribution is -2.04. The van der Waals surface area contributed by atoms with Crippen LogP contribution in [-0.2, 0) is 6.42 Å². The van der Waals surface area contributed by atoms with Gasteiger partial charge in [-0.1, -0.05) is 48.0 Å². The Hall–Kier alpha value is -1.47. The molecule has 0 saturated carbocycles. The summed E-state index contributed by atoms with van der Waals surface area (Å²) >= 11 is 6.18. The van der Waals surface area contributed by atoms with Crippen molar-refractivity contribution >= 4 is 17.3 Å². The number of hydrogen-bond donors (Lipinski definition) is 1. The Morgan fingerprint density at radius 3 is 2.56 bits per heavy atom. The van der Waals surface area contributed by atoms with Crippen LogP contribution in [0, 0.1) is 0 Å². The fourth-order valence-corrected chi connectivity index (χ4v) is 2.48. The first-order valence-corrected chi connectivity index (χ1v) is 5.81. The van der Waals surface area contributed by atoms with Crippen LogP contribution < -0.4 is 5.32 Å². The minimum Gasteiger partial charge on any atom is -0.378 e. The van der Waals surface area contributed by atoms with Crippen LogP contribution in [0.25, 0.3) is 0 Å². The van der Waals surface area contributed by atoms with Gasteiger partial charge in [-0.3, -0.25) is 0 Å². The van der Waals surface area contributed by atoms with Crippen molar-refractivity contribution in [1.29, 1.82) is 0 Å². The van der Waals surface area contributed by atoms with E-state index in [1.165, 1.54) is 16.8 Å². The van der Waals surface area contributed by atoms with Crippen LogP contribution in [-0.4, -0.2) is 0 Å². The molecule has 3 rings (SSSR count). The van der Waals surface area contributed by atoms with E-state index in [-0.39, 0.29) is 0 Å². The van der Waals surface area contributed by atoms with Crippen molar-refractivity contribution in [3.63, 3.8) is 0 Å². The van der Waals surface area contributed by atoms with Crippen molar-refractivity contribution in [2.24, 2.45) is 0 Å². The molecule has 0 aromatic heterocycles. The lowest BCUT2D eigenvalue weighted by molar-refractivity contribution is 0.824. The molecule has 1 N–H and O–H groups in total. The number of nitrogens with one attached hydrogen (secondary N) is 1. The molecule has 0 radical (unpaired) electrons. The van der Waals surface area contributed by atoms with E-state index < -0.39 is 0 Å². The summed E-state index contributed by atoms with van der Waals surface area (Å²) in [7, 11) is 0. The van der Waals surface area contributed by atoms with Crippen molar-refractivity contribution in [3.05, 3.63) is 64.7 Å². The lowest BCUT2D eigenvalue weighted by Gasteiger charge is -2.10. The van der Waals surface area contributed by atoms with Crippen molar-refractivity contribution < 1.29 is 0 Å². The maximum absolute atomic E-state index is 6.18. The summed E-state index contributed by atoms with van der Waals surface area (Å²) in [6, 6.07) is 16.9.